The summed E-state index contributed by atoms with van der Waals surface area (Å²) >= 11 is 0. The van der Waals surface area contributed by atoms with Gasteiger partial charge in [0.25, 0.3) is 0 Å². The van der Waals surface area contributed by atoms with E-state index in [4.69, 9.17) is 5.73 Å². The monoisotopic (exact) mass is 227 g/mol. The van der Waals surface area contributed by atoms with Gasteiger partial charge in [0.2, 0.25) is 0 Å². The summed E-state index contributed by atoms with van der Waals surface area (Å²) in [4.78, 5) is 5.05. The first-order valence-corrected chi connectivity index (χ1v) is 6.75. The molecule has 1 saturated heterocycles. The Labute approximate surface area is 101 Å². The fourth-order valence-electron chi connectivity index (χ4n) is 2.98. The molecule has 1 aliphatic heterocycles. The molecule has 1 atom stereocenters. The molecule has 0 aromatic carbocycles. The summed E-state index contributed by atoms with van der Waals surface area (Å²) in [6, 6.07) is 0.650. The van der Waals surface area contributed by atoms with E-state index in [0.717, 1.165) is 13.1 Å². The Balaban J connectivity index is 2.76. The van der Waals surface area contributed by atoms with E-state index < -0.39 is 0 Å². The van der Waals surface area contributed by atoms with Gasteiger partial charge in [0.1, 0.15) is 0 Å². The van der Waals surface area contributed by atoms with E-state index in [9.17, 15) is 0 Å². The molecule has 3 heteroatoms. The van der Waals surface area contributed by atoms with Gasteiger partial charge in [-0.15, -0.1) is 0 Å². The zero-order chi connectivity index (χ0) is 12.2. The highest BCUT2D eigenvalue weighted by Gasteiger charge is 2.38. The van der Waals surface area contributed by atoms with Gasteiger partial charge in [0.15, 0.2) is 0 Å². The molecule has 0 amide bonds. The van der Waals surface area contributed by atoms with Crippen molar-refractivity contribution in [3.05, 3.63) is 0 Å². The number of hydrogen-bond acceptors (Lipinski definition) is 3. The van der Waals surface area contributed by atoms with Gasteiger partial charge >= 0.3 is 0 Å². The molecule has 2 N–H and O–H groups in total. The van der Waals surface area contributed by atoms with E-state index in [2.05, 4.69) is 37.6 Å². The fourth-order valence-corrected chi connectivity index (χ4v) is 2.98. The molecule has 1 unspecified atom stereocenters. The SMILES string of the molecule is CCC(C)N(CC)C1(CN)CCN(C)CC1. The van der Waals surface area contributed by atoms with Crippen LogP contribution in [0.1, 0.15) is 40.0 Å². The molecular formula is C13H29N3. The summed E-state index contributed by atoms with van der Waals surface area (Å²) in [6.07, 6.45) is 3.65. The van der Waals surface area contributed by atoms with Crippen molar-refractivity contribution in [2.45, 2.75) is 51.6 Å². The molecule has 1 rings (SSSR count). The summed E-state index contributed by atoms with van der Waals surface area (Å²) in [7, 11) is 2.21. The Morgan fingerprint density at radius 1 is 1.31 bits per heavy atom. The Hall–Kier alpha value is -0.120. The van der Waals surface area contributed by atoms with Crippen LogP contribution in [0, 0.1) is 0 Å². The lowest BCUT2D eigenvalue weighted by molar-refractivity contribution is 0.00935. The van der Waals surface area contributed by atoms with Crippen molar-refractivity contribution in [2.24, 2.45) is 5.73 Å². The molecule has 1 fully saturated rings. The van der Waals surface area contributed by atoms with Crippen molar-refractivity contribution in [2.75, 3.05) is 33.2 Å². The van der Waals surface area contributed by atoms with Crippen LogP contribution in [0.2, 0.25) is 0 Å². The highest BCUT2D eigenvalue weighted by molar-refractivity contribution is 4.97. The Morgan fingerprint density at radius 3 is 2.25 bits per heavy atom. The molecule has 1 aliphatic rings. The second kappa shape index (κ2) is 5.99. The molecule has 0 spiro atoms. The van der Waals surface area contributed by atoms with Crippen LogP contribution in [-0.2, 0) is 0 Å². The first kappa shape index (κ1) is 13.9. The zero-order valence-corrected chi connectivity index (χ0v) is 11.5. The summed E-state index contributed by atoms with van der Waals surface area (Å²) in [6.45, 7) is 11.2. The van der Waals surface area contributed by atoms with Gasteiger partial charge in [0, 0.05) is 18.1 Å². The minimum absolute atomic E-state index is 0.261. The van der Waals surface area contributed by atoms with Crippen molar-refractivity contribution in [1.82, 2.24) is 9.80 Å². The van der Waals surface area contributed by atoms with Crippen LogP contribution >= 0.6 is 0 Å². The average molecular weight is 227 g/mol. The van der Waals surface area contributed by atoms with E-state index in [-0.39, 0.29) is 5.54 Å². The number of hydrogen-bond donors (Lipinski definition) is 1. The van der Waals surface area contributed by atoms with Crippen LogP contribution in [0.3, 0.4) is 0 Å². The van der Waals surface area contributed by atoms with Gasteiger partial charge < -0.3 is 10.6 Å². The van der Waals surface area contributed by atoms with E-state index >= 15 is 0 Å². The lowest BCUT2D eigenvalue weighted by atomic mass is 9.84. The minimum atomic E-state index is 0.261. The second-order valence-corrected chi connectivity index (χ2v) is 5.28. The number of nitrogens with two attached hydrogens (primary N) is 1. The minimum Gasteiger partial charge on any atom is -0.329 e. The summed E-state index contributed by atoms with van der Waals surface area (Å²) < 4.78 is 0. The first-order valence-electron chi connectivity index (χ1n) is 6.75. The number of likely N-dealkylation sites (N-methyl/N-ethyl adjacent to an activating group) is 1. The van der Waals surface area contributed by atoms with E-state index in [1.807, 2.05) is 0 Å². The number of rotatable bonds is 5. The van der Waals surface area contributed by atoms with Crippen molar-refractivity contribution in [3.63, 3.8) is 0 Å². The third kappa shape index (κ3) is 2.76. The van der Waals surface area contributed by atoms with Crippen LogP contribution in [0.25, 0.3) is 0 Å². The van der Waals surface area contributed by atoms with Gasteiger partial charge in [-0.3, -0.25) is 4.90 Å². The molecule has 0 saturated carbocycles. The van der Waals surface area contributed by atoms with Crippen molar-refractivity contribution in [3.8, 4) is 0 Å². The molecular weight excluding hydrogens is 198 g/mol. The quantitative estimate of drug-likeness (QED) is 0.773. The predicted molar refractivity (Wildman–Crippen MR) is 70.6 cm³/mol. The lowest BCUT2D eigenvalue weighted by Gasteiger charge is -2.50. The smallest absolute Gasteiger partial charge is 0.0358 e. The molecule has 0 radical (unpaired) electrons. The number of piperidine rings is 1. The molecule has 96 valence electrons. The highest BCUT2D eigenvalue weighted by atomic mass is 15.3. The van der Waals surface area contributed by atoms with Crippen LogP contribution in [0.5, 0.6) is 0 Å². The summed E-state index contributed by atoms with van der Waals surface area (Å²) in [5.41, 5.74) is 6.35. The predicted octanol–water partition coefficient (Wildman–Crippen LogP) is 1.53. The van der Waals surface area contributed by atoms with E-state index in [1.54, 1.807) is 0 Å². The third-order valence-corrected chi connectivity index (χ3v) is 4.37. The number of likely N-dealkylation sites (tertiary alicyclic amines) is 1. The van der Waals surface area contributed by atoms with Crippen LogP contribution < -0.4 is 5.73 Å². The van der Waals surface area contributed by atoms with Crippen LogP contribution in [-0.4, -0.2) is 54.6 Å². The van der Waals surface area contributed by atoms with Crippen LogP contribution in [0.15, 0.2) is 0 Å². The molecule has 1 heterocycles. The van der Waals surface area contributed by atoms with Gasteiger partial charge in [0.05, 0.1) is 0 Å². The van der Waals surface area contributed by atoms with Crippen molar-refractivity contribution < 1.29 is 0 Å². The fraction of sp³-hybridized carbons (Fsp3) is 1.00. The third-order valence-electron chi connectivity index (χ3n) is 4.37. The maximum Gasteiger partial charge on any atom is 0.0358 e. The molecule has 0 aliphatic carbocycles. The van der Waals surface area contributed by atoms with Crippen LogP contribution in [0.4, 0.5) is 0 Å². The lowest BCUT2D eigenvalue weighted by Crippen LogP contribution is -2.61. The van der Waals surface area contributed by atoms with Crippen molar-refractivity contribution >= 4 is 0 Å². The second-order valence-electron chi connectivity index (χ2n) is 5.28. The average Bonchev–Trinajstić information content (AvgIpc) is 2.32. The maximum absolute atomic E-state index is 6.09. The zero-order valence-electron chi connectivity index (χ0n) is 11.5. The summed E-state index contributed by atoms with van der Waals surface area (Å²) in [5, 5.41) is 0. The molecule has 0 aromatic rings. The molecule has 0 bridgehead atoms. The Bertz CT molecular complexity index is 197. The Morgan fingerprint density at radius 2 is 1.88 bits per heavy atom. The summed E-state index contributed by atoms with van der Waals surface area (Å²) in [5.74, 6) is 0. The normalized spacial score (nSPS) is 23.6. The van der Waals surface area contributed by atoms with Gasteiger partial charge in [-0.1, -0.05) is 13.8 Å². The van der Waals surface area contributed by atoms with E-state index in [1.165, 1.54) is 32.4 Å². The molecule has 0 aromatic heterocycles. The highest BCUT2D eigenvalue weighted by Crippen LogP contribution is 2.29. The Kier molecular flexibility index (Phi) is 5.22. The molecule has 16 heavy (non-hydrogen) atoms. The maximum atomic E-state index is 6.09. The molecule has 3 nitrogen and oxygen atoms in total. The van der Waals surface area contributed by atoms with Gasteiger partial charge in [-0.25, -0.2) is 0 Å². The topological polar surface area (TPSA) is 32.5 Å². The standard InChI is InChI=1S/C13H29N3/c1-5-12(3)16(6-2)13(11-14)7-9-15(4)10-8-13/h12H,5-11,14H2,1-4H3. The van der Waals surface area contributed by atoms with Crippen molar-refractivity contribution in [1.29, 1.82) is 0 Å². The van der Waals surface area contributed by atoms with Gasteiger partial charge in [-0.05, 0) is 52.9 Å². The first-order chi connectivity index (χ1) is 7.59. The number of nitrogens with zero attached hydrogens (tertiary/aromatic N) is 2. The largest absolute Gasteiger partial charge is 0.329 e. The van der Waals surface area contributed by atoms with Gasteiger partial charge in [-0.2, -0.15) is 0 Å². The van der Waals surface area contributed by atoms with E-state index in [0.29, 0.717) is 6.04 Å².